The van der Waals surface area contributed by atoms with E-state index < -0.39 is 11.7 Å². The molecule has 0 saturated carbocycles. The highest BCUT2D eigenvalue weighted by Gasteiger charge is 2.30. The number of hydrogen-bond donors (Lipinski definition) is 1. The summed E-state index contributed by atoms with van der Waals surface area (Å²) >= 11 is 0. The third kappa shape index (κ3) is 1.98. The number of benzene rings is 1. The molecule has 1 nitrogen and oxygen atoms in total. The molecule has 0 spiro atoms. The average molecular weight is 176 g/mol. The van der Waals surface area contributed by atoms with Crippen LogP contribution in [0.3, 0.4) is 0 Å². The Hall–Kier alpha value is -1.03. The van der Waals surface area contributed by atoms with Crippen molar-refractivity contribution in [3.05, 3.63) is 29.8 Å². The van der Waals surface area contributed by atoms with Gasteiger partial charge < -0.3 is 5.32 Å². The molecule has 0 aromatic heterocycles. The molecule has 0 saturated heterocycles. The minimum Gasteiger partial charge on any atom is -0.316 e. The fraction of sp³-hybridized carbons (Fsp3) is 0.250. The van der Waals surface area contributed by atoms with Crippen LogP contribution in [0.25, 0.3) is 0 Å². The van der Waals surface area contributed by atoms with Crippen molar-refractivity contribution in [3.8, 4) is 0 Å². The average Bonchev–Trinajstić information content (AvgIpc) is 2.03. The van der Waals surface area contributed by atoms with Gasteiger partial charge in [-0.3, -0.25) is 0 Å². The van der Waals surface area contributed by atoms with Gasteiger partial charge in [0, 0.05) is 6.07 Å². The molecule has 0 bridgehead atoms. The van der Waals surface area contributed by atoms with Crippen LogP contribution >= 0.6 is 0 Å². The number of nitrogens with two attached hydrogens (primary N) is 1. The first kappa shape index (κ1) is 9.06. The molecule has 1 rings (SSSR count). The van der Waals surface area contributed by atoms with E-state index in [1.165, 1.54) is 6.07 Å². The highest BCUT2D eigenvalue weighted by atomic mass is 19.4. The molecule has 0 heterocycles. The van der Waals surface area contributed by atoms with Crippen LogP contribution in [-0.4, -0.2) is 7.05 Å². The van der Waals surface area contributed by atoms with Crippen molar-refractivity contribution in [2.75, 3.05) is 7.05 Å². The maximum Gasteiger partial charge on any atom is 0.416 e. The first-order valence-electron chi connectivity index (χ1n) is 3.50. The number of alkyl halides is 3. The smallest absolute Gasteiger partial charge is 0.316 e. The minimum absolute atomic E-state index is 0.588. The van der Waals surface area contributed by atoms with E-state index in [-0.39, 0.29) is 0 Å². The van der Waals surface area contributed by atoms with E-state index in [1.54, 1.807) is 18.4 Å². The zero-order valence-corrected chi connectivity index (χ0v) is 6.52. The number of halogens is 3. The van der Waals surface area contributed by atoms with Gasteiger partial charge in [-0.1, -0.05) is 6.07 Å². The van der Waals surface area contributed by atoms with Crippen molar-refractivity contribution in [2.24, 2.45) is 0 Å². The Bertz CT molecular complexity index is 267. The van der Waals surface area contributed by atoms with Crippen LogP contribution in [0.4, 0.5) is 18.9 Å². The summed E-state index contributed by atoms with van der Waals surface area (Å²) in [6.07, 6.45) is -4.24. The lowest BCUT2D eigenvalue weighted by Crippen LogP contribution is -2.72. The Morgan fingerprint density at radius 1 is 1.25 bits per heavy atom. The van der Waals surface area contributed by atoms with Gasteiger partial charge in [-0.15, -0.1) is 0 Å². The molecule has 1 aromatic carbocycles. The standard InChI is InChI=1S/C8H8F3N/c1-12-7-4-2-3-6(5-7)8(9,10)11/h2-5,12H,1H3/p+1. The number of hydrogen-bond acceptors (Lipinski definition) is 0. The van der Waals surface area contributed by atoms with Gasteiger partial charge in [-0.25, -0.2) is 0 Å². The SMILES string of the molecule is C[NH2+]c1cccc(C(F)(F)F)c1. The Morgan fingerprint density at radius 2 is 1.92 bits per heavy atom. The van der Waals surface area contributed by atoms with Crippen LogP contribution in [0.1, 0.15) is 5.56 Å². The van der Waals surface area contributed by atoms with Gasteiger partial charge in [0.2, 0.25) is 0 Å². The monoisotopic (exact) mass is 176 g/mol. The van der Waals surface area contributed by atoms with E-state index in [2.05, 4.69) is 0 Å². The highest BCUT2D eigenvalue weighted by Crippen LogP contribution is 2.29. The second-order valence-electron chi connectivity index (χ2n) is 2.41. The molecule has 0 atom stereocenters. The lowest BCUT2D eigenvalue weighted by atomic mass is 10.2. The van der Waals surface area contributed by atoms with Crippen LogP contribution in [0, 0.1) is 0 Å². The number of rotatable bonds is 1. The van der Waals surface area contributed by atoms with Crippen molar-refractivity contribution in [1.82, 2.24) is 0 Å². The van der Waals surface area contributed by atoms with Gasteiger partial charge in [-0.05, 0) is 12.1 Å². The summed E-state index contributed by atoms with van der Waals surface area (Å²) in [5.74, 6) is 0. The summed E-state index contributed by atoms with van der Waals surface area (Å²) < 4.78 is 36.3. The van der Waals surface area contributed by atoms with Crippen LogP contribution in [-0.2, 0) is 6.18 Å². The molecule has 0 fully saturated rings. The molecule has 4 heteroatoms. The van der Waals surface area contributed by atoms with E-state index in [9.17, 15) is 13.2 Å². The molecule has 12 heavy (non-hydrogen) atoms. The summed E-state index contributed by atoms with van der Waals surface area (Å²) in [5.41, 5.74) is -0.0112. The summed E-state index contributed by atoms with van der Waals surface area (Å²) in [7, 11) is 1.70. The fourth-order valence-electron chi connectivity index (χ4n) is 0.895. The third-order valence-electron chi connectivity index (χ3n) is 1.55. The lowest BCUT2D eigenvalue weighted by Gasteiger charge is -2.05. The minimum atomic E-state index is -4.24. The highest BCUT2D eigenvalue weighted by molar-refractivity contribution is 5.34. The van der Waals surface area contributed by atoms with Crippen LogP contribution in [0.2, 0.25) is 0 Å². The van der Waals surface area contributed by atoms with Gasteiger partial charge in [0.05, 0.1) is 12.6 Å². The Labute approximate surface area is 68.2 Å². The van der Waals surface area contributed by atoms with Gasteiger partial charge >= 0.3 is 6.18 Å². The maximum atomic E-state index is 12.1. The lowest BCUT2D eigenvalue weighted by molar-refractivity contribution is -0.539. The van der Waals surface area contributed by atoms with Gasteiger partial charge in [-0.2, -0.15) is 13.2 Å². The third-order valence-corrected chi connectivity index (χ3v) is 1.55. The molecule has 0 amide bonds. The number of quaternary nitrogens is 1. The molecular formula is C8H9F3N+. The fourth-order valence-corrected chi connectivity index (χ4v) is 0.895. The van der Waals surface area contributed by atoms with E-state index in [4.69, 9.17) is 0 Å². The van der Waals surface area contributed by atoms with Crippen molar-refractivity contribution >= 4 is 5.69 Å². The van der Waals surface area contributed by atoms with Crippen molar-refractivity contribution < 1.29 is 18.5 Å². The van der Waals surface area contributed by atoms with Crippen molar-refractivity contribution in [2.45, 2.75) is 6.18 Å². The summed E-state index contributed by atoms with van der Waals surface area (Å²) in [6, 6.07) is 5.22. The molecule has 2 N–H and O–H groups in total. The van der Waals surface area contributed by atoms with Crippen molar-refractivity contribution in [1.29, 1.82) is 0 Å². The molecule has 0 aliphatic heterocycles. The predicted molar refractivity (Wildman–Crippen MR) is 39.0 cm³/mol. The normalized spacial score (nSPS) is 11.7. The first-order chi connectivity index (χ1) is 5.54. The van der Waals surface area contributed by atoms with Crippen LogP contribution < -0.4 is 5.32 Å². The second-order valence-corrected chi connectivity index (χ2v) is 2.41. The molecule has 0 unspecified atom stereocenters. The topological polar surface area (TPSA) is 16.6 Å². The second kappa shape index (κ2) is 3.15. The van der Waals surface area contributed by atoms with E-state index in [0.29, 0.717) is 5.69 Å². The van der Waals surface area contributed by atoms with Gasteiger partial charge in [0.25, 0.3) is 0 Å². The zero-order valence-electron chi connectivity index (χ0n) is 6.52. The van der Waals surface area contributed by atoms with Crippen LogP contribution in [0.15, 0.2) is 24.3 Å². The van der Waals surface area contributed by atoms with E-state index in [1.807, 2.05) is 0 Å². The molecule has 66 valence electrons. The quantitative estimate of drug-likeness (QED) is 0.625. The van der Waals surface area contributed by atoms with Crippen LogP contribution in [0.5, 0.6) is 0 Å². The predicted octanol–water partition coefficient (Wildman–Crippen LogP) is 1.53. The van der Waals surface area contributed by atoms with Gasteiger partial charge in [0.15, 0.2) is 0 Å². The zero-order chi connectivity index (χ0) is 9.19. The molecule has 0 aliphatic carbocycles. The molecule has 1 aromatic rings. The largest absolute Gasteiger partial charge is 0.416 e. The summed E-state index contributed by atoms with van der Waals surface area (Å²) in [4.78, 5) is 0. The molecular weight excluding hydrogens is 167 g/mol. The maximum absolute atomic E-state index is 12.1. The molecule has 0 radical (unpaired) electrons. The first-order valence-corrected chi connectivity index (χ1v) is 3.50. The Morgan fingerprint density at radius 3 is 2.42 bits per heavy atom. The summed E-state index contributed by atoms with van der Waals surface area (Å²) in [6.45, 7) is 0. The van der Waals surface area contributed by atoms with E-state index >= 15 is 0 Å². The van der Waals surface area contributed by atoms with Gasteiger partial charge in [0.1, 0.15) is 5.69 Å². The van der Waals surface area contributed by atoms with E-state index in [0.717, 1.165) is 12.1 Å². The molecule has 0 aliphatic rings. The van der Waals surface area contributed by atoms with Crippen molar-refractivity contribution in [3.63, 3.8) is 0 Å². The Balaban J connectivity index is 3.02. The Kier molecular flexibility index (Phi) is 2.38. The summed E-state index contributed by atoms with van der Waals surface area (Å²) in [5, 5.41) is 1.63.